The average molecular weight is 301 g/mol. The monoisotopic (exact) mass is 301 g/mol. The first-order valence-corrected chi connectivity index (χ1v) is 6.78. The van der Waals surface area contributed by atoms with E-state index >= 15 is 0 Å². The molecule has 0 fully saturated rings. The molecule has 0 aromatic carbocycles. The van der Waals surface area contributed by atoms with Gasteiger partial charge in [-0.25, -0.2) is 4.98 Å². The van der Waals surface area contributed by atoms with Crippen molar-refractivity contribution in [3.8, 4) is 0 Å². The minimum Gasteiger partial charge on any atom is -0.462 e. The Balaban J connectivity index is 1.95. The summed E-state index contributed by atoms with van der Waals surface area (Å²) in [5.41, 5.74) is 6.52. The number of hydrogen-bond donors (Lipinski definition) is 2. The molecule has 1 heterocycles. The summed E-state index contributed by atoms with van der Waals surface area (Å²) in [7, 11) is 1.62. The Bertz CT molecular complexity index is 372. The number of hydrogen-bond acceptors (Lipinski definition) is 7. The van der Waals surface area contributed by atoms with Crippen LogP contribution in [0, 0.1) is 0 Å². The van der Waals surface area contributed by atoms with E-state index in [0.29, 0.717) is 39.5 Å². The molecule has 0 aliphatic rings. The van der Waals surface area contributed by atoms with Gasteiger partial charge in [0.25, 0.3) is 0 Å². The fraction of sp³-hybridized carbons (Fsp3) is 0.692. The van der Waals surface area contributed by atoms with Crippen molar-refractivity contribution in [2.75, 3.05) is 46.8 Å². The molecule has 0 aliphatic carbocycles. The summed E-state index contributed by atoms with van der Waals surface area (Å²) in [6.07, 6.45) is 3.53. The molecule has 1 rings (SSSR count). The lowest BCUT2D eigenvalue weighted by molar-refractivity contribution is -0.146. The van der Waals surface area contributed by atoms with Gasteiger partial charge in [-0.2, -0.15) is 0 Å². The van der Waals surface area contributed by atoms with Gasteiger partial charge in [0.15, 0.2) is 0 Å². The number of H-pyrrole nitrogens is 1. The molecule has 0 saturated carbocycles. The normalized spacial score (nSPS) is 12.3. The van der Waals surface area contributed by atoms with Crippen molar-refractivity contribution >= 4 is 5.97 Å². The van der Waals surface area contributed by atoms with E-state index in [-0.39, 0.29) is 6.61 Å². The van der Waals surface area contributed by atoms with Gasteiger partial charge in [-0.15, -0.1) is 0 Å². The molecule has 1 aromatic rings. The van der Waals surface area contributed by atoms with Gasteiger partial charge in [-0.3, -0.25) is 4.79 Å². The molecule has 120 valence electrons. The first-order valence-electron chi connectivity index (χ1n) is 6.78. The average Bonchev–Trinajstić information content (AvgIpc) is 2.98. The SMILES string of the molecule is COCCOCCOCCOC(=O)C(N)Cc1cnc[nH]1. The minimum absolute atomic E-state index is 0.174. The molecule has 0 aliphatic heterocycles. The van der Waals surface area contributed by atoms with Gasteiger partial charge in [-0.05, 0) is 0 Å². The number of aromatic amines is 1. The lowest BCUT2D eigenvalue weighted by Gasteiger charge is -2.11. The van der Waals surface area contributed by atoms with Crippen LogP contribution in [0.15, 0.2) is 12.5 Å². The predicted octanol–water partition coefficient (Wildman–Crippen LogP) is -0.498. The van der Waals surface area contributed by atoms with E-state index < -0.39 is 12.0 Å². The molecule has 0 radical (unpaired) electrons. The van der Waals surface area contributed by atoms with Gasteiger partial charge >= 0.3 is 5.97 Å². The van der Waals surface area contributed by atoms with Crippen LogP contribution in [-0.4, -0.2) is 68.7 Å². The molecule has 0 bridgehead atoms. The van der Waals surface area contributed by atoms with Gasteiger partial charge in [0.05, 0.1) is 39.4 Å². The number of nitrogens with two attached hydrogens (primary N) is 1. The van der Waals surface area contributed by atoms with Gasteiger partial charge in [0.1, 0.15) is 12.6 Å². The fourth-order valence-corrected chi connectivity index (χ4v) is 1.49. The third-order valence-electron chi connectivity index (χ3n) is 2.57. The van der Waals surface area contributed by atoms with E-state index in [0.717, 1.165) is 5.69 Å². The zero-order valence-corrected chi connectivity index (χ0v) is 12.2. The molecule has 1 aromatic heterocycles. The summed E-state index contributed by atoms with van der Waals surface area (Å²) in [6, 6.07) is -0.706. The Morgan fingerprint density at radius 2 is 1.90 bits per heavy atom. The van der Waals surface area contributed by atoms with Crippen molar-refractivity contribution in [1.29, 1.82) is 0 Å². The van der Waals surface area contributed by atoms with E-state index in [1.54, 1.807) is 13.3 Å². The van der Waals surface area contributed by atoms with Gasteiger partial charge < -0.3 is 29.7 Å². The zero-order chi connectivity index (χ0) is 15.3. The minimum atomic E-state index is -0.706. The van der Waals surface area contributed by atoms with E-state index in [4.69, 9.17) is 24.7 Å². The molecule has 21 heavy (non-hydrogen) atoms. The number of methoxy groups -OCH3 is 1. The number of aromatic nitrogens is 2. The van der Waals surface area contributed by atoms with Crippen LogP contribution >= 0.6 is 0 Å². The molecule has 3 N–H and O–H groups in total. The lowest BCUT2D eigenvalue weighted by atomic mass is 10.2. The van der Waals surface area contributed by atoms with Crippen molar-refractivity contribution < 1.29 is 23.7 Å². The zero-order valence-electron chi connectivity index (χ0n) is 12.2. The van der Waals surface area contributed by atoms with E-state index in [9.17, 15) is 4.79 Å². The number of ether oxygens (including phenoxy) is 4. The summed E-state index contributed by atoms with van der Waals surface area (Å²) in [5.74, 6) is -0.454. The van der Waals surface area contributed by atoms with Crippen LogP contribution in [0.5, 0.6) is 0 Å². The first-order chi connectivity index (χ1) is 10.2. The maximum absolute atomic E-state index is 11.6. The third kappa shape index (κ3) is 8.41. The molecule has 0 amide bonds. The molecule has 0 spiro atoms. The van der Waals surface area contributed by atoms with Crippen molar-refractivity contribution in [3.05, 3.63) is 18.2 Å². The summed E-state index contributed by atoms with van der Waals surface area (Å²) in [6.45, 7) is 2.52. The van der Waals surface area contributed by atoms with Crippen LogP contribution in [0.25, 0.3) is 0 Å². The Morgan fingerprint density at radius 3 is 2.52 bits per heavy atom. The number of imidazole rings is 1. The highest BCUT2D eigenvalue weighted by Gasteiger charge is 2.16. The molecule has 1 unspecified atom stereocenters. The maximum atomic E-state index is 11.6. The highest BCUT2D eigenvalue weighted by Crippen LogP contribution is 1.98. The van der Waals surface area contributed by atoms with E-state index in [2.05, 4.69) is 9.97 Å². The Kier molecular flexibility index (Phi) is 9.38. The smallest absolute Gasteiger partial charge is 0.323 e. The van der Waals surface area contributed by atoms with Crippen LogP contribution in [0.2, 0.25) is 0 Å². The number of esters is 1. The summed E-state index contributed by atoms with van der Waals surface area (Å²) >= 11 is 0. The summed E-state index contributed by atoms with van der Waals surface area (Å²) in [4.78, 5) is 18.3. The molecule has 8 heteroatoms. The van der Waals surface area contributed by atoms with Crippen LogP contribution in [0.4, 0.5) is 0 Å². The summed E-state index contributed by atoms with van der Waals surface area (Å²) < 4.78 is 20.3. The van der Waals surface area contributed by atoms with Crippen molar-refractivity contribution in [2.24, 2.45) is 5.73 Å². The third-order valence-corrected chi connectivity index (χ3v) is 2.57. The predicted molar refractivity (Wildman–Crippen MR) is 74.7 cm³/mol. The highest BCUT2D eigenvalue weighted by atomic mass is 16.6. The second-order valence-corrected chi connectivity index (χ2v) is 4.27. The Hall–Kier alpha value is -1.48. The van der Waals surface area contributed by atoms with Crippen molar-refractivity contribution in [3.63, 3.8) is 0 Å². The van der Waals surface area contributed by atoms with Crippen molar-refractivity contribution in [2.45, 2.75) is 12.5 Å². The summed E-state index contributed by atoms with van der Waals surface area (Å²) in [5, 5.41) is 0. The molecule has 8 nitrogen and oxygen atoms in total. The van der Waals surface area contributed by atoms with Crippen LogP contribution in [-0.2, 0) is 30.2 Å². The number of rotatable bonds is 12. The number of nitrogens with one attached hydrogen (secondary N) is 1. The topological polar surface area (TPSA) is 109 Å². The molecular weight excluding hydrogens is 278 g/mol. The van der Waals surface area contributed by atoms with E-state index in [1.165, 1.54) is 6.33 Å². The van der Waals surface area contributed by atoms with Gasteiger partial charge in [0.2, 0.25) is 0 Å². The second-order valence-electron chi connectivity index (χ2n) is 4.27. The fourth-order valence-electron chi connectivity index (χ4n) is 1.49. The number of carbonyl (C=O) groups is 1. The lowest BCUT2D eigenvalue weighted by Crippen LogP contribution is -2.35. The molecule has 0 saturated heterocycles. The highest BCUT2D eigenvalue weighted by molar-refractivity contribution is 5.75. The standard InChI is InChI=1S/C13H23N3O5/c1-18-2-3-19-4-5-20-6-7-21-13(17)12(14)8-11-9-15-10-16-11/h9-10,12H,2-8,14H2,1H3,(H,15,16). The first kappa shape index (κ1) is 17.6. The number of nitrogens with zero attached hydrogens (tertiary/aromatic N) is 1. The van der Waals surface area contributed by atoms with Gasteiger partial charge in [-0.1, -0.05) is 0 Å². The quantitative estimate of drug-likeness (QED) is 0.396. The maximum Gasteiger partial charge on any atom is 0.323 e. The largest absolute Gasteiger partial charge is 0.462 e. The van der Waals surface area contributed by atoms with Gasteiger partial charge in [0, 0.05) is 25.4 Å². The second kappa shape index (κ2) is 11.2. The van der Waals surface area contributed by atoms with Crippen molar-refractivity contribution in [1.82, 2.24) is 9.97 Å². The molecule has 1 atom stereocenters. The van der Waals surface area contributed by atoms with Crippen LogP contribution in [0.1, 0.15) is 5.69 Å². The Morgan fingerprint density at radius 1 is 1.24 bits per heavy atom. The molecular formula is C13H23N3O5. The number of carbonyl (C=O) groups excluding carboxylic acids is 1. The Labute approximate surface area is 123 Å². The van der Waals surface area contributed by atoms with Crippen LogP contribution in [0.3, 0.4) is 0 Å². The van der Waals surface area contributed by atoms with Crippen LogP contribution < -0.4 is 5.73 Å². The van der Waals surface area contributed by atoms with E-state index in [1.807, 2.05) is 0 Å².